The molecule has 1 saturated heterocycles. The highest BCUT2D eigenvalue weighted by molar-refractivity contribution is 7.07. The Morgan fingerprint density at radius 1 is 1.37 bits per heavy atom. The Morgan fingerprint density at radius 3 is 2.58 bits per heavy atom. The zero-order valence-corrected chi connectivity index (χ0v) is 11.9. The zero-order chi connectivity index (χ0) is 13.8. The van der Waals surface area contributed by atoms with Crippen LogP contribution in [0.25, 0.3) is 0 Å². The summed E-state index contributed by atoms with van der Waals surface area (Å²) in [7, 11) is 0. The summed E-state index contributed by atoms with van der Waals surface area (Å²) in [6, 6.07) is 2.51. The molecule has 0 aliphatic carbocycles. The molecule has 0 bridgehead atoms. The van der Waals surface area contributed by atoms with Crippen molar-refractivity contribution in [2.24, 2.45) is 5.73 Å². The third-order valence-electron chi connectivity index (χ3n) is 3.57. The number of hydrogen-bond donors (Lipinski definition) is 1. The first-order valence-corrected chi connectivity index (χ1v) is 7.34. The van der Waals surface area contributed by atoms with Crippen LogP contribution in [0.2, 0.25) is 0 Å². The molecule has 2 heterocycles. The minimum atomic E-state index is -0.556. The van der Waals surface area contributed by atoms with Crippen LogP contribution < -0.4 is 5.73 Å². The maximum absolute atomic E-state index is 11.7. The molecule has 0 saturated carbocycles. The maximum atomic E-state index is 11.7. The van der Waals surface area contributed by atoms with Gasteiger partial charge in [0, 0.05) is 32.2 Å². The molecule has 5 nitrogen and oxygen atoms in total. The van der Waals surface area contributed by atoms with E-state index in [1.807, 2.05) is 0 Å². The average Bonchev–Trinajstić information content (AvgIpc) is 2.91. The topological polar surface area (TPSA) is 66.6 Å². The molecular formula is C13H19N3O2S. The van der Waals surface area contributed by atoms with Crippen LogP contribution in [0.5, 0.6) is 0 Å². The van der Waals surface area contributed by atoms with Gasteiger partial charge in [-0.3, -0.25) is 14.5 Å². The molecule has 2 amide bonds. The van der Waals surface area contributed by atoms with E-state index < -0.39 is 5.91 Å². The predicted octanol–water partition coefficient (Wildman–Crippen LogP) is 0.829. The first-order chi connectivity index (χ1) is 9.08. The number of carbonyl (C=O) groups excluding carboxylic acids is 2. The van der Waals surface area contributed by atoms with Crippen molar-refractivity contribution in [1.82, 2.24) is 9.80 Å². The van der Waals surface area contributed by atoms with Crippen LogP contribution in [-0.2, 0) is 9.59 Å². The second-order valence-corrected chi connectivity index (χ2v) is 5.57. The molecule has 0 radical (unpaired) electrons. The number of primary amides is 1. The Labute approximate surface area is 117 Å². The number of hydrogen-bond acceptors (Lipinski definition) is 4. The van der Waals surface area contributed by atoms with Gasteiger partial charge in [-0.2, -0.15) is 11.3 Å². The summed E-state index contributed by atoms with van der Waals surface area (Å²) in [4.78, 5) is 26.5. The number of rotatable bonds is 4. The summed E-state index contributed by atoms with van der Waals surface area (Å²) in [6.07, 6.45) is -0.180. The molecule has 104 valence electrons. The molecule has 1 aliphatic heterocycles. The first kappa shape index (κ1) is 14.0. The number of carbonyl (C=O) groups is 2. The Hall–Kier alpha value is -1.40. The van der Waals surface area contributed by atoms with Crippen molar-refractivity contribution in [2.75, 3.05) is 26.2 Å². The molecule has 0 aromatic carbocycles. The van der Waals surface area contributed by atoms with E-state index in [1.165, 1.54) is 5.56 Å². The molecule has 1 aromatic rings. The number of piperazine rings is 1. The van der Waals surface area contributed by atoms with E-state index in [0.717, 1.165) is 13.1 Å². The van der Waals surface area contributed by atoms with E-state index >= 15 is 0 Å². The number of nitrogens with two attached hydrogens (primary N) is 1. The van der Waals surface area contributed by atoms with Crippen molar-refractivity contribution in [3.63, 3.8) is 0 Å². The fraction of sp³-hybridized carbons (Fsp3) is 0.538. The monoisotopic (exact) mass is 281 g/mol. The fourth-order valence-corrected chi connectivity index (χ4v) is 3.09. The molecule has 1 unspecified atom stereocenters. The quantitative estimate of drug-likeness (QED) is 0.831. The van der Waals surface area contributed by atoms with E-state index in [0.29, 0.717) is 19.1 Å². The minimum absolute atomic E-state index is 0.157. The van der Waals surface area contributed by atoms with E-state index in [-0.39, 0.29) is 12.3 Å². The van der Waals surface area contributed by atoms with Crippen LogP contribution in [0.15, 0.2) is 16.8 Å². The first-order valence-electron chi connectivity index (χ1n) is 6.40. The Kier molecular flexibility index (Phi) is 4.55. The van der Waals surface area contributed by atoms with Gasteiger partial charge in [0.15, 0.2) is 0 Å². The van der Waals surface area contributed by atoms with Crippen LogP contribution in [0, 0.1) is 0 Å². The largest absolute Gasteiger partial charge is 0.369 e. The van der Waals surface area contributed by atoms with E-state index in [4.69, 9.17) is 5.73 Å². The highest BCUT2D eigenvalue weighted by atomic mass is 32.1. The second-order valence-electron chi connectivity index (χ2n) is 4.79. The Bertz CT molecular complexity index is 439. The van der Waals surface area contributed by atoms with Crippen LogP contribution >= 0.6 is 11.3 Å². The van der Waals surface area contributed by atoms with Crippen LogP contribution in [0.3, 0.4) is 0 Å². The summed E-state index contributed by atoms with van der Waals surface area (Å²) < 4.78 is 0. The van der Waals surface area contributed by atoms with E-state index in [2.05, 4.69) is 28.7 Å². The normalized spacial score (nSPS) is 18.3. The minimum Gasteiger partial charge on any atom is -0.369 e. The molecule has 2 N–H and O–H groups in total. The van der Waals surface area contributed by atoms with Crippen molar-refractivity contribution in [3.8, 4) is 0 Å². The third-order valence-corrected chi connectivity index (χ3v) is 4.27. The van der Waals surface area contributed by atoms with Crippen molar-refractivity contribution >= 4 is 23.2 Å². The van der Waals surface area contributed by atoms with Gasteiger partial charge < -0.3 is 10.6 Å². The van der Waals surface area contributed by atoms with Gasteiger partial charge in [0.1, 0.15) is 6.42 Å². The van der Waals surface area contributed by atoms with Crippen LogP contribution in [0.1, 0.15) is 24.9 Å². The standard InChI is InChI=1S/C13H19N3O2S/c1-10(11-2-7-19-9-11)15-3-5-16(6-4-15)13(18)8-12(14)17/h2,7,9-10H,3-6,8H2,1H3,(H2,14,17). The van der Waals surface area contributed by atoms with E-state index in [1.54, 1.807) is 16.2 Å². The van der Waals surface area contributed by atoms with Gasteiger partial charge in [-0.1, -0.05) is 0 Å². The molecule has 1 fully saturated rings. The van der Waals surface area contributed by atoms with Gasteiger partial charge in [-0.15, -0.1) is 0 Å². The van der Waals surface area contributed by atoms with Crippen LogP contribution in [-0.4, -0.2) is 47.8 Å². The summed E-state index contributed by atoms with van der Waals surface area (Å²) >= 11 is 1.70. The molecule has 19 heavy (non-hydrogen) atoms. The molecule has 2 rings (SSSR count). The van der Waals surface area contributed by atoms with Crippen molar-refractivity contribution in [1.29, 1.82) is 0 Å². The lowest BCUT2D eigenvalue weighted by molar-refractivity contribution is -0.136. The van der Waals surface area contributed by atoms with Crippen molar-refractivity contribution in [2.45, 2.75) is 19.4 Å². The predicted molar refractivity (Wildman–Crippen MR) is 74.7 cm³/mol. The second kappa shape index (κ2) is 6.16. The summed E-state index contributed by atoms with van der Waals surface area (Å²) in [5.74, 6) is -0.714. The summed E-state index contributed by atoms with van der Waals surface area (Å²) in [5.41, 5.74) is 6.37. The number of nitrogens with zero attached hydrogens (tertiary/aromatic N) is 2. The lowest BCUT2D eigenvalue weighted by atomic mass is 10.1. The van der Waals surface area contributed by atoms with Gasteiger partial charge in [-0.05, 0) is 29.3 Å². The molecular weight excluding hydrogens is 262 g/mol. The molecule has 1 aliphatic rings. The number of amides is 2. The lowest BCUT2D eigenvalue weighted by Gasteiger charge is -2.37. The van der Waals surface area contributed by atoms with Gasteiger partial charge in [0.25, 0.3) is 0 Å². The average molecular weight is 281 g/mol. The highest BCUT2D eigenvalue weighted by Gasteiger charge is 2.25. The van der Waals surface area contributed by atoms with Crippen LogP contribution in [0.4, 0.5) is 0 Å². The molecule has 6 heteroatoms. The number of thiophene rings is 1. The smallest absolute Gasteiger partial charge is 0.232 e. The lowest BCUT2D eigenvalue weighted by Crippen LogP contribution is -2.49. The summed E-state index contributed by atoms with van der Waals surface area (Å²) in [5, 5.41) is 4.24. The Morgan fingerprint density at radius 2 is 2.05 bits per heavy atom. The van der Waals surface area contributed by atoms with Crippen molar-refractivity contribution < 1.29 is 9.59 Å². The molecule has 0 spiro atoms. The van der Waals surface area contributed by atoms with Gasteiger partial charge in [0.2, 0.25) is 11.8 Å². The Balaban J connectivity index is 1.85. The van der Waals surface area contributed by atoms with Gasteiger partial charge >= 0.3 is 0 Å². The third kappa shape index (κ3) is 3.54. The summed E-state index contributed by atoms with van der Waals surface area (Å²) in [6.45, 7) is 5.19. The highest BCUT2D eigenvalue weighted by Crippen LogP contribution is 2.23. The van der Waals surface area contributed by atoms with Crippen molar-refractivity contribution in [3.05, 3.63) is 22.4 Å². The van der Waals surface area contributed by atoms with E-state index in [9.17, 15) is 9.59 Å². The van der Waals surface area contributed by atoms with Gasteiger partial charge in [0.05, 0.1) is 0 Å². The molecule has 1 aromatic heterocycles. The maximum Gasteiger partial charge on any atom is 0.232 e. The molecule has 1 atom stereocenters. The zero-order valence-electron chi connectivity index (χ0n) is 11.0. The SMILES string of the molecule is CC(c1ccsc1)N1CCN(C(=O)CC(N)=O)CC1. The fourth-order valence-electron chi connectivity index (χ4n) is 2.34. The van der Waals surface area contributed by atoms with Gasteiger partial charge in [-0.25, -0.2) is 0 Å².